The van der Waals surface area contributed by atoms with E-state index in [9.17, 15) is 0 Å². The Labute approximate surface area is 200 Å². The zero-order chi connectivity index (χ0) is 20.5. The van der Waals surface area contributed by atoms with Crippen molar-refractivity contribution >= 4 is 41.3 Å². The van der Waals surface area contributed by atoms with Crippen molar-refractivity contribution in [3.8, 4) is 6.07 Å². The van der Waals surface area contributed by atoms with Crippen molar-refractivity contribution in [3.63, 3.8) is 0 Å². The first-order valence-corrected chi connectivity index (χ1v) is 11.0. The summed E-state index contributed by atoms with van der Waals surface area (Å²) in [7, 11) is 0. The van der Waals surface area contributed by atoms with Gasteiger partial charge in [-0.2, -0.15) is 5.26 Å². The molecule has 162 valence electrons. The molecule has 2 unspecified atom stereocenters. The molecule has 1 aliphatic rings. The Morgan fingerprint density at radius 3 is 2.77 bits per heavy atom. The van der Waals surface area contributed by atoms with Crippen LogP contribution in [0.5, 0.6) is 0 Å². The van der Waals surface area contributed by atoms with Gasteiger partial charge in [-0.3, -0.25) is 4.90 Å². The Morgan fingerprint density at radius 2 is 2.13 bits per heavy atom. The van der Waals surface area contributed by atoms with Crippen LogP contribution in [0, 0.1) is 11.3 Å². The monoisotopic (exact) mass is 539 g/mol. The van der Waals surface area contributed by atoms with Crippen LogP contribution in [0.1, 0.15) is 35.9 Å². The number of rotatable bonds is 7. The molecule has 0 radical (unpaired) electrons. The lowest BCUT2D eigenvalue weighted by atomic mass is 10.1. The lowest BCUT2D eigenvalue weighted by molar-refractivity contribution is -0.0334. The van der Waals surface area contributed by atoms with Gasteiger partial charge < -0.3 is 15.4 Å². The minimum Gasteiger partial charge on any atom is -0.376 e. The first kappa shape index (κ1) is 24.6. The van der Waals surface area contributed by atoms with Crippen LogP contribution in [0.25, 0.3) is 0 Å². The van der Waals surface area contributed by atoms with Gasteiger partial charge in [-0.1, -0.05) is 18.2 Å². The number of halogens is 1. The third-order valence-electron chi connectivity index (χ3n) is 4.89. The number of ether oxygens (including phenoxy) is 1. The maximum Gasteiger partial charge on any atom is 0.191 e. The highest BCUT2D eigenvalue weighted by Crippen LogP contribution is 2.26. The van der Waals surface area contributed by atoms with Crippen molar-refractivity contribution in [3.05, 3.63) is 57.8 Å². The molecule has 8 heteroatoms. The van der Waals surface area contributed by atoms with E-state index >= 15 is 0 Å². The number of morpholine rings is 1. The molecular weight excluding hydrogens is 509 g/mol. The van der Waals surface area contributed by atoms with Crippen molar-refractivity contribution in [2.75, 3.05) is 32.8 Å². The molecule has 2 aromatic rings. The molecule has 1 fully saturated rings. The van der Waals surface area contributed by atoms with E-state index in [1.807, 2.05) is 24.3 Å². The molecule has 1 saturated heterocycles. The van der Waals surface area contributed by atoms with Crippen LogP contribution in [0.2, 0.25) is 0 Å². The maximum atomic E-state index is 8.93. The number of guanidine groups is 1. The van der Waals surface area contributed by atoms with Gasteiger partial charge >= 0.3 is 0 Å². The van der Waals surface area contributed by atoms with Crippen LogP contribution < -0.4 is 10.6 Å². The van der Waals surface area contributed by atoms with Gasteiger partial charge in [-0.05, 0) is 43.0 Å². The number of hydrogen-bond acceptors (Lipinski definition) is 5. The van der Waals surface area contributed by atoms with Crippen LogP contribution in [0.4, 0.5) is 0 Å². The first-order chi connectivity index (χ1) is 14.2. The second kappa shape index (κ2) is 12.9. The standard InChI is InChI=1S/C22H29N5OS.HI/c1-3-24-22(25-14-19-8-6-18(13-23)7-9-19)26-15-20(21-5-4-12-29-21)27-10-11-28-17(2)16-27;/h4-9,12,17,20H,3,10-11,14-16H2,1-2H3,(H2,24,25,26);1H. The molecule has 1 aromatic heterocycles. The van der Waals surface area contributed by atoms with E-state index < -0.39 is 0 Å². The summed E-state index contributed by atoms with van der Waals surface area (Å²) >= 11 is 1.80. The van der Waals surface area contributed by atoms with E-state index in [0.717, 1.165) is 44.3 Å². The lowest BCUT2D eigenvalue weighted by Gasteiger charge is -2.37. The third kappa shape index (κ3) is 7.23. The number of thiophene rings is 1. The average molecular weight is 539 g/mol. The van der Waals surface area contributed by atoms with E-state index in [2.05, 4.69) is 53.0 Å². The minimum absolute atomic E-state index is 0. The van der Waals surface area contributed by atoms with Gasteiger partial charge in [0.1, 0.15) is 0 Å². The SMILES string of the molecule is CCNC(=NCc1ccc(C#N)cc1)NCC(c1cccs1)N1CCOC(C)C1.I. The molecule has 1 aromatic carbocycles. The zero-order valence-electron chi connectivity index (χ0n) is 17.5. The number of benzene rings is 1. The highest BCUT2D eigenvalue weighted by molar-refractivity contribution is 14.0. The molecule has 1 aliphatic heterocycles. The van der Waals surface area contributed by atoms with Gasteiger partial charge in [0.25, 0.3) is 0 Å². The van der Waals surface area contributed by atoms with Crippen molar-refractivity contribution in [2.45, 2.75) is 32.5 Å². The molecule has 3 rings (SSSR count). The molecule has 30 heavy (non-hydrogen) atoms. The van der Waals surface area contributed by atoms with Crippen LogP contribution in [-0.2, 0) is 11.3 Å². The fourth-order valence-corrected chi connectivity index (χ4v) is 4.27. The van der Waals surface area contributed by atoms with Gasteiger partial charge in [0, 0.05) is 31.1 Å². The molecule has 2 N–H and O–H groups in total. The summed E-state index contributed by atoms with van der Waals surface area (Å²) in [6.45, 7) is 9.00. The Kier molecular flexibility index (Phi) is 10.6. The number of aliphatic imine (C=N–C) groups is 1. The summed E-state index contributed by atoms with van der Waals surface area (Å²) in [5.41, 5.74) is 1.75. The van der Waals surface area contributed by atoms with E-state index in [-0.39, 0.29) is 30.1 Å². The summed E-state index contributed by atoms with van der Waals surface area (Å²) in [5, 5.41) is 17.9. The van der Waals surface area contributed by atoms with E-state index in [1.54, 1.807) is 11.3 Å². The highest BCUT2D eigenvalue weighted by atomic mass is 127. The second-order valence-corrected chi connectivity index (χ2v) is 8.07. The largest absolute Gasteiger partial charge is 0.376 e. The van der Waals surface area contributed by atoms with Crippen LogP contribution in [0.15, 0.2) is 46.8 Å². The number of nitriles is 1. The zero-order valence-corrected chi connectivity index (χ0v) is 20.7. The molecule has 2 heterocycles. The van der Waals surface area contributed by atoms with Crippen LogP contribution in [0.3, 0.4) is 0 Å². The van der Waals surface area contributed by atoms with Crippen LogP contribution >= 0.6 is 35.3 Å². The van der Waals surface area contributed by atoms with Gasteiger partial charge in [-0.25, -0.2) is 4.99 Å². The number of hydrogen-bond donors (Lipinski definition) is 2. The Morgan fingerprint density at radius 1 is 1.33 bits per heavy atom. The minimum atomic E-state index is 0. The first-order valence-electron chi connectivity index (χ1n) is 10.1. The van der Waals surface area contributed by atoms with Crippen molar-refractivity contribution in [2.24, 2.45) is 4.99 Å². The van der Waals surface area contributed by atoms with Crippen molar-refractivity contribution < 1.29 is 4.74 Å². The normalized spacial score (nSPS) is 18.2. The fraction of sp³-hybridized carbons (Fsp3) is 0.455. The highest BCUT2D eigenvalue weighted by Gasteiger charge is 2.26. The predicted octanol–water partition coefficient (Wildman–Crippen LogP) is 3.75. The summed E-state index contributed by atoms with van der Waals surface area (Å²) < 4.78 is 5.73. The van der Waals surface area contributed by atoms with E-state index in [0.29, 0.717) is 18.2 Å². The average Bonchev–Trinajstić information content (AvgIpc) is 3.27. The smallest absolute Gasteiger partial charge is 0.191 e. The molecule has 0 amide bonds. The van der Waals surface area contributed by atoms with Crippen LogP contribution in [-0.4, -0.2) is 49.7 Å². The second-order valence-electron chi connectivity index (χ2n) is 7.09. The maximum absolute atomic E-state index is 8.93. The quantitative estimate of drug-likeness (QED) is 0.319. The van der Waals surface area contributed by atoms with Gasteiger partial charge in [-0.15, -0.1) is 35.3 Å². The molecule has 0 spiro atoms. The molecule has 0 aliphatic carbocycles. The summed E-state index contributed by atoms with van der Waals surface area (Å²) in [5.74, 6) is 0.805. The molecule has 6 nitrogen and oxygen atoms in total. The Bertz CT molecular complexity index is 819. The molecular formula is C22H30IN5OS. The number of nitrogens with zero attached hydrogens (tertiary/aromatic N) is 3. The van der Waals surface area contributed by atoms with E-state index in [4.69, 9.17) is 15.0 Å². The lowest BCUT2D eigenvalue weighted by Crippen LogP contribution is -2.48. The summed E-state index contributed by atoms with van der Waals surface area (Å²) in [6.07, 6.45) is 0.254. The van der Waals surface area contributed by atoms with E-state index in [1.165, 1.54) is 4.88 Å². The van der Waals surface area contributed by atoms with Crippen molar-refractivity contribution in [1.82, 2.24) is 15.5 Å². The predicted molar refractivity (Wildman–Crippen MR) is 133 cm³/mol. The topological polar surface area (TPSA) is 72.7 Å². The molecule has 0 bridgehead atoms. The Hall–Kier alpha value is -1.67. The van der Waals surface area contributed by atoms with Gasteiger partial charge in [0.05, 0.1) is 36.9 Å². The van der Waals surface area contributed by atoms with Gasteiger partial charge in [0.2, 0.25) is 0 Å². The fourth-order valence-electron chi connectivity index (χ4n) is 3.41. The number of nitrogens with one attached hydrogen (secondary N) is 2. The third-order valence-corrected chi connectivity index (χ3v) is 5.87. The molecule has 2 atom stereocenters. The van der Waals surface area contributed by atoms with Gasteiger partial charge in [0.15, 0.2) is 5.96 Å². The summed E-state index contributed by atoms with van der Waals surface area (Å²) in [6, 6.07) is 14.3. The Balaban J connectivity index is 0.00000320. The molecule has 0 saturated carbocycles. The van der Waals surface area contributed by atoms with Crippen molar-refractivity contribution in [1.29, 1.82) is 5.26 Å². The summed E-state index contributed by atoms with van der Waals surface area (Å²) in [4.78, 5) is 8.58.